The molecule has 0 radical (unpaired) electrons. The highest BCUT2D eigenvalue weighted by Gasteiger charge is 2.25. The van der Waals surface area contributed by atoms with Crippen LogP contribution in [0.25, 0.3) is 6.08 Å². The first-order valence-corrected chi connectivity index (χ1v) is 9.56. The minimum atomic E-state index is -0.498. The van der Waals surface area contributed by atoms with Crippen LogP contribution in [0.2, 0.25) is 5.02 Å². The Labute approximate surface area is 164 Å². The van der Waals surface area contributed by atoms with Crippen molar-refractivity contribution < 1.29 is 14.3 Å². The maximum absolute atomic E-state index is 12.2. The first-order valence-electron chi connectivity index (χ1n) is 9.18. The van der Waals surface area contributed by atoms with Crippen LogP contribution < -0.4 is 4.74 Å². The number of hydrogen-bond donors (Lipinski definition) is 0. The topological polar surface area (TPSA) is 47.9 Å². The van der Waals surface area contributed by atoms with Crippen molar-refractivity contribution in [2.75, 3.05) is 6.61 Å². The summed E-state index contributed by atoms with van der Waals surface area (Å²) in [6.45, 7) is 2.83. The molecule has 5 heteroatoms. The van der Waals surface area contributed by atoms with Gasteiger partial charge in [-0.05, 0) is 30.7 Å². The zero-order valence-electron chi connectivity index (χ0n) is 15.3. The average molecular weight is 384 g/mol. The van der Waals surface area contributed by atoms with Gasteiger partial charge in [-0.15, -0.1) is 0 Å². The van der Waals surface area contributed by atoms with Gasteiger partial charge in [-0.3, -0.25) is 0 Å². The van der Waals surface area contributed by atoms with E-state index in [0.717, 1.165) is 24.2 Å². The number of nitrogens with zero attached hydrogens (tertiary/aromatic N) is 1. The number of rotatable bonds is 8. The van der Waals surface area contributed by atoms with Gasteiger partial charge in [0.05, 0.1) is 17.2 Å². The Morgan fingerprint density at radius 2 is 1.85 bits per heavy atom. The average Bonchev–Trinajstić information content (AvgIpc) is 3.03. The van der Waals surface area contributed by atoms with Crippen LogP contribution in [0.5, 0.6) is 5.75 Å². The SMILES string of the molecule is CCCCCCOc1ccccc1/C=C1\N=C(c2ccccc2Cl)OC1=O. The number of hydrogen-bond acceptors (Lipinski definition) is 4. The number of ether oxygens (including phenoxy) is 2. The van der Waals surface area contributed by atoms with Gasteiger partial charge in [-0.2, -0.15) is 0 Å². The molecule has 0 fully saturated rings. The van der Waals surface area contributed by atoms with Crippen molar-refractivity contribution in [3.8, 4) is 5.75 Å². The summed E-state index contributed by atoms with van der Waals surface area (Å²) in [5, 5.41) is 0.487. The van der Waals surface area contributed by atoms with Gasteiger partial charge in [-0.1, -0.05) is 68.1 Å². The molecule has 140 valence electrons. The number of unbranched alkanes of at least 4 members (excludes halogenated alkanes) is 3. The number of halogens is 1. The minimum absolute atomic E-state index is 0.217. The van der Waals surface area contributed by atoms with Crippen LogP contribution in [-0.2, 0) is 9.53 Å². The fraction of sp³-hybridized carbons (Fsp3) is 0.273. The quantitative estimate of drug-likeness (QED) is 0.336. The summed E-state index contributed by atoms with van der Waals surface area (Å²) < 4.78 is 11.2. The van der Waals surface area contributed by atoms with Crippen molar-refractivity contribution in [2.45, 2.75) is 32.6 Å². The molecule has 0 unspecified atom stereocenters. The van der Waals surface area contributed by atoms with Crippen molar-refractivity contribution in [3.05, 3.63) is 70.4 Å². The van der Waals surface area contributed by atoms with Crippen molar-refractivity contribution in [1.29, 1.82) is 0 Å². The number of esters is 1. The summed E-state index contributed by atoms with van der Waals surface area (Å²) in [6.07, 6.45) is 6.25. The number of carbonyl (C=O) groups is 1. The third kappa shape index (κ3) is 4.98. The summed E-state index contributed by atoms with van der Waals surface area (Å²) in [7, 11) is 0. The molecule has 1 aliphatic rings. The third-order valence-electron chi connectivity index (χ3n) is 4.19. The first kappa shape index (κ1) is 19.2. The van der Waals surface area contributed by atoms with Crippen LogP contribution in [0.3, 0.4) is 0 Å². The Bertz CT molecular complexity index is 873. The van der Waals surface area contributed by atoms with Crippen molar-refractivity contribution in [2.24, 2.45) is 4.99 Å². The summed E-state index contributed by atoms with van der Waals surface area (Å²) in [4.78, 5) is 16.6. The summed E-state index contributed by atoms with van der Waals surface area (Å²) in [5.74, 6) is 0.452. The van der Waals surface area contributed by atoms with Gasteiger partial charge in [0.25, 0.3) is 0 Å². The predicted molar refractivity (Wildman–Crippen MR) is 108 cm³/mol. The second-order valence-electron chi connectivity index (χ2n) is 6.26. The summed E-state index contributed by atoms with van der Waals surface area (Å²) >= 11 is 6.17. The molecule has 0 saturated heterocycles. The summed E-state index contributed by atoms with van der Waals surface area (Å²) in [5.41, 5.74) is 1.62. The van der Waals surface area contributed by atoms with Gasteiger partial charge in [-0.25, -0.2) is 9.79 Å². The Morgan fingerprint density at radius 3 is 2.67 bits per heavy atom. The Hall–Kier alpha value is -2.59. The maximum Gasteiger partial charge on any atom is 0.363 e. The molecule has 27 heavy (non-hydrogen) atoms. The molecule has 0 spiro atoms. The van der Waals surface area contributed by atoms with E-state index in [2.05, 4.69) is 11.9 Å². The van der Waals surface area contributed by atoms with E-state index >= 15 is 0 Å². The van der Waals surface area contributed by atoms with Gasteiger partial charge in [0, 0.05) is 5.56 Å². The minimum Gasteiger partial charge on any atom is -0.493 e. The lowest BCUT2D eigenvalue weighted by Crippen LogP contribution is -2.05. The molecule has 0 saturated carbocycles. The van der Waals surface area contributed by atoms with E-state index in [9.17, 15) is 4.79 Å². The van der Waals surface area contributed by atoms with E-state index in [-0.39, 0.29) is 11.6 Å². The van der Waals surface area contributed by atoms with Gasteiger partial charge in [0.15, 0.2) is 5.70 Å². The summed E-state index contributed by atoms with van der Waals surface area (Å²) in [6, 6.07) is 14.7. The first-order chi connectivity index (χ1) is 13.2. The number of para-hydroxylation sites is 1. The van der Waals surface area contributed by atoms with Crippen LogP contribution in [-0.4, -0.2) is 18.5 Å². The van der Waals surface area contributed by atoms with E-state index < -0.39 is 5.97 Å². The molecule has 1 aliphatic heterocycles. The molecule has 4 nitrogen and oxygen atoms in total. The van der Waals surface area contributed by atoms with Crippen LogP contribution in [0, 0.1) is 0 Å². The highest BCUT2D eigenvalue weighted by molar-refractivity contribution is 6.34. The zero-order chi connectivity index (χ0) is 19.1. The second-order valence-corrected chi connectivity index (χ2v) is 6.67. The lowest BCUT2D eigenvalue weighted by atomic mass is 10.1. The van der Waals surface area contributed by atoms with E-state index in [1.165, 1.54) is 12.8 Å². The Kier molecular flexibility index (Phi) is 6.66. The van der Waals surface area contributed by atoms with Crippen molar-refractivity contribution >= 4 is 29.5 Å². The molecule has 0 bridgehead atoms. The van der Waals surface area contributed by atoms with E-state index in [1.807, 2.05) is 36.4 Å². The maximum atomic E-state index is 12.2. The monoisotopic (exact) mass is 383 g/mol. The molecular weight excluding hydrogens is 362 g/mol. The number of carbonyl (C=O) groups excluding carboxylic acids is 1. The molecule has 0 amide bonds. The Balaban J connectivity index is 1.78. The molecule has 2 aromatic rings. The fourth-order valence-electron chi connectivity index (χ4n) is 2.75. The predicted octanol–water partition coefficient (Wildman–Crippen LogP) is 5.64. The lowest BCUT2D eigenvalue weighted by molar-refractivity contribution is -0.129. The third-order valence-corrected chi connectivity index (χ3v) is 4.52. The standard InChI is InChI=1S/C22H22ClNO3/c1-2-3-4-9-14-26-20-13-8-5-10-16(20)15-19-22(25)27-21(24-19)17-11-6-7-12-18(17)23/h5-8,10-13,15H,2-4,9,14H2,1H3/b19-15-. The molecule has 0 atom stereocenters. The molecule has 0 aromatic heterocycles. The highest BCUT2D eigenvalue weighted by atomic mass is 35.5. The molecule has 0 N–H and O–H groups in total. The van der Waals surface area contributed by atoms with E-state index in [1.54, 1.807) is 18.2 Å². The molecule has 1 heterocycles. The number of cyclic esters (lactones) is 1. The normalized spacial score (nSPS) is 15.0. The zero-order valence-corrected chi connectivity index (χ0v) is 16.0. The van der Waals surface area contributed by atoms with E-state index in [0.29, 0.717) is 17.2 Å². The van der Waals surface area contributed by atoms with Gasteiger partial charge < -0.3 is 9.47 Å². The van der Waals surface area contributed by atoms with Crippen LogP contribution >= 0.6 is 11.6 Å². The molecule has 2 aromatic carbocycles. The van der Waals surface area contributed by atoms with Crippen LogP contribution in [0.4, 0.5) is 0 Å². The molecule has 3 rings (SSSR count). The van der Waals surface area contributed by atoms with Crippen LogP contribution in [0.1, 0.15) is 43.7 Å². The smallest absolute Gasteiger partial charge is 0.363 e. The van der Waals surface area contributed by atoms with Crippen LogP contribution in [0.15, 0.2) is 59.2 Å². The fourth-order valence-corrected chi connectivity index (χ4v) is 2.97. The highest BCUT2D eigenvalue weighted by Crippen LogP contribution is 2.26. The van der Waals surface area contributed by atoms with Gasteiger partial charge in [0.1, 0.15) is 5.75 Å². The molecule has 0 aliphatic carbocycles. The molecular formula is C22H22ClNO3. The second kappa shape index (κ2) is 9.38. The van der Waals surface area contributed by atoms with Crippen molar-refractivity contribution in [3.63, 3.8) is 0 Å². The van der Waals surface area contributed by atoms with Gasteiger partial charge >= 0.3 is 5.97 Å². The number of aliphatic imine (C=N–C) groups is 1. The Morgan fingerprint density at radius 1 is 1.07 bits per heavy atom. The van der Waals surface area contributed by atoms with Gasteiger partial charge in [0.2, 0.25) is 5.90 Å². The number of benzene rings is 2. The van der Waals surface area contributed by atoms with E-state index in [4.69, 9.17) is 21.1 Å². The lowest BCUT2D eigenvalue weighted by Gasteiger charge is -2.09. The largest absolute Gasteiger partial charge is 0.493 e. The van der Waals surface area contributed by atoms with Crippen molar-refractivity contribution in [1.82, 2.24) is 0 Å².